The van der Waals surface area contributed by atoms with Gasteiger partial charge in [-0.2, -0.15) is 0 Å². The van der Waals surface area contributed by atoms with Crippen molar-refractivity contribution in [2.75, 3.05) is 58.4 Å². The average Bonchev–Trinajstić information content (AvgIpc) is 2.27. The Balaban J connectivity index is 2.19. The molecule has 0 aromatic heterocycles. The van der Waals surface area contributed by atoms with Gasteiger partial charge < -0.3 is 4.74 Å². The zero-order valence-corrected chi connectivity index (χ0v) is 10.1. The highest BCUT2D eigenvalue weighted by atomic mass is 35.5. The van der Waals surface area contributed by atoms with E-state index in [1.54, 1.807) is 4.90 Å². The van der Waals surface area contributed by atoms with Gasteiger partial charge in [0.15, 0.2) is 0 Å². The molecule has 1 rings (SSSR count). The van der Waals surface area contributed by atoms with E-state index in [1.807, 2.05) is 0 Å². The van der Waals surface area contributed by atoms with Crippen LogP contribution in [-0.2, 0) is 4.74 Å². The molecule has 0 aliphatic carbocycles. The average molecular weight is 257 g/mol. The molecule has 0 saturated carbocycles. The molecule has 0 amide bonds. The molecule has 1 aliphatic heterocycles. The van der Waals surface area contributed by atoms with Crippen molar-refractivity contribution in [3.8, 4) is 0 Å². The van der Waals surface area contributed by atoms with Crippen molar-refractivity contribution >= 4 is 11.6 Å². The lowest BCUT2D eigenvalue weighted by Gasteiger charge is -2.29. The fourth-order valence-corrected chi connectivity index (χ4v) is 1.96. The number of hydrogen-bond donors (Lipinski definition) is 0. The third-order valence-electron chi connectivity index (χ3n) is 2.63. The molecular formula is C10H19ClF2N2O. The fraction of sp³-hybridized carbons (Fsp3) is 1.00. The number of hydrogen-bond acceptors (Lipinski definition) is 3. The molecule has 1 saturated heterocycles. The summed E-state index contributed by atoms with van der Waals surface area (Å²) in [5.74, 6) is 0.399. The second-order valence-corrected chi connectivity index (χ2v) is 4.21. The maximum Gasteiger partial charge on any atom is 0.251 e. The number of rotatable bonds is 7. The monoisotopic (exact) mass is 256 g/mol. The Morgan fingerprint density at radius 1 is 1.25 bits per heavy atom. The normalized spacial score (nSPS) is 18.6. The Labute approximate surface area is 100 Å². The summed E-state index contributed by atoms with van der Waals surface area (Å²) >= 11 is 5.58. The summed E-state index contributed by atoms with van der Waals surface area (Å²) < 4.78 is 29.7. The van der Waals surface area contributed by atoms with Crippen LogP contribution in [0.1, 0.15) is 0 Å². The van der Waals surface area contributed by atoms with Gasteiger partial charge in [0.1, 0.15) is 0 Å². The minimum absolute atomic E-state index is 0.183. The summed E-state index contributed by atoms with van der Waals surface area (Å²) in [5.41, 5.74) is 0. The summed E-state index contributed by atoms with van der Waals surface area (Å²) in [6.45, 7) is 5.07. The van der Waals surface area contributed by atoms with E-state index < -0.39 is 6.43 Å². The molecule has 16 heavy (non-hydrogen) atoms. The molecule has 0 aromatic rings. The first-order valence-electron chi connectivity index (χ1n) is 5.59. The van der Waals surface area contributed by atoms with Crippen molar-refractivity contribution in [2.45, 2.75) is 6.43 Å². The largest absolute Gasteiger partial charge is 0.379 e. The predicted molar refractivity (Wildman–Crippen MR) is 60.4 cm³/mol. The van der Waals surface area contributed by atoms with E-state index in [9.17, 15) is 8.78 Å². The van der Waals surface area contributed by atoms with Crippen molar-refractivity contribution in [3.63, 3.8) is 0 Å². The van der Waals surface area contributed by atoms with E-state index in [4.69, 9.17) is 16.3 Å². The molecule has 0 bridgehead atoms. The number of morpholine rings is 1. The lowest BCUT2D eigenvalue weighted by molar-refractivity contribution is 0.0285. The number of alkyl halides is 3. The Bertz CT molecular complexity index is 180. The molecular weight excluding hydrogens is 238 g/mol. The highest BCUT2D eigenvalue weighted by Gasteiger charge is 2.14. The summed E-state index contributed by atoms with van der Waals surface area (Å²) in [4.78, 5) is 3.95. The van der Waals surface area contributed by atoms with Gasteiger partial charge in [-0.15, -0.1) is 11.6 Å². The number of nitrogens with zero attached hydrogens (tertiary/aromatic N) is 2. The second-order valence-electron chi connectivity index (χ2n) is 3.83. The van der Waals surface area contributed by atoms with Crippen LogP contribution in [0, 0.1) is 0 Å². The quantitative estimate of drug-likeness (QED) is 0.635. The fourth-order valence-electron chi connectivity index (χ4n) is 1.72. The number of halogens is 3. The molecule has 6 heteroatoms. The Morgan fingerprint density at radius 2 is 1.94 bits per heavy atom. The molecule has 0 N–H and O–H groups in total. The van der Waals surface area contributed by atoms with Crippen molar-refractivity contribution in [3.05, 3.63) is 0 Å². The molecule has 0 radical (unpaired) electrons. The minimum Gasteiger partial charge on any atom is -0.379 e. The van der Waals surface area contributed by atoms with Crippen LogP contribution in [0.15, 0.2) is 0 Å². The summed E-state index contributed by atoms with van der Waals surface area (Å²) in [6.07, 6.45) is -2.28. The van der Waals surface area contributed by atoms with Crippen LogP contribution in [0.5, 0.6) is 0 Å². The van der Waals surface area contributed by atoms with Gasteiger partial charge in [0.05, 0.1) is 19.8 Å². The van der Waals surface area contributed by atoms with Crippen LogP contribution in [0.25, 0.3) is 0 Å². The zero-order valence-electron chi connectivity index (χ0n) is 9.38. The SMILES string of the molecule is FC(F)CN(CCCl)CCN1CCOCC1. The lowest BCUT2D eigenvalue weighted by Crippen LogP contribution is -2.42. The first-order chi connectivity index (χ1) is 7.72. The van der Waals surface area contributed by atoms with E-state index in [-0.39, 0.29) is 6.54 Å². The maximum atomic E-state index is 12.3. The Kier molecular flexibility index (Phi) is 7.20. The Hall–Kier alpha value is 0.0300. The zero-order chi connectivity index (χ0) is 11.8. The van der Waals surface area contributed by atoms with Crippen LogP contribution in [-0.4, -0.2) is 74.6 Å². The van der Waals surface area contributed by atoms with E-state index in [1.165, 1.54) is 0 Å². The molecule has 0 aromatic carbocycles. The van der Waals surface area contributed by atoms with Gasteiger partial charge in [-0.3, -0.25) is 9.80 Å². The van der Waals surface area contributed by atoms with Crippen molar-refractivity contribution in [2.24, 2.45) is 0 Å². The topological polar surface area (TPSA) is 15.7 Å². The van der Waals surface area contributed by atoms with Crippen molar-refractivity contribution < 1.29 is 13.5 Å². The van der Waals surface area contributed by atoms with Gasteiger partial charge in [0.2, 0.25) is 0 Å². The van der Waals surface area contributed by atoms with Gasteiger partial charge in [0, 0.05) is 38.6 Å². The second kappa shape index (κ2) is 8.17. The third kappa shape index (κ3) is 5.94. The molecule has 0 atom stereocenters. The lowest BCUT2D eigenvalue weighted by atomic mass is 10.4. The van der Waals surface area contributed by atoms with Gasteiger partial charge >= 0.3 is 0 Å². The first kappa shape index (κ1) is 14.1. The van der Waals surface area contributed by atoms with Gasteiger partial charge in [-0.1, -0.05) is 0 Å². The molecule has 1 aliphatic rings. The third-order valence-corrected chi connectivity index (χ3v) is 2.80. The van der Waals surface area contributed by atoms with Crippen LogP contribution in [0.2, 0.25) is 0 Å². The summed E-state index contributed by atoms with van der Waals surface area (Å²) in [7, 11) is 0. The predicted octanol–water partition coefficient (Wildman–Crippen LogP) is 1.12. The smallest absolute Gasteiger partial charge is 0.251 e. The van der Waals surface area contributed by atoms with E-state index >= 15 is 0 Å². The summed E-state index contributed by atoms with van der Waals surface area (Å²) in [5, 5.41) is 0. The molecule has 1 heterocycles. The van der Waals surface area contributed by atoms with E-state index in [0.29, 0.717) is 19.0 Å². The summed E-state index contributed by atoms with van der Waals surface area (Å²) in [6, 6.07) is 0. The molecule has 0 unspecified atom stereocenters. The molecule has 3 nitrogen and oxygen atoms in total. The van der Waals surface area contributed by atoms with Gasteiger partial charge in [-0.25, -0.2) is 8.78 Å². The number of ether oxygens (including phenoxy) is 1. The van der Waals surface area contributed by atoms with Crippen LogP contribution in [0.4, 0.5) is 8.78 Å². The maximum absolute atomic E-state index is 12.3. The first-order valence-corrected chi connectivity index (χ1v) is 6.12. The van der Waals surface area contributed by atoms with Crippen LogP contribution >= 0.6 is 11.6 Å². The van der Waals surface area contributed by atoms with E-state index in [2.05, 4.69) is 4.90 Å². The highest BCUT2D eigenvalue weighted by molar-refractivity contribution is 6.18. The van der Waals surface area contributed by atoms with Gasteiger partial charge in [0.25, 0.3) is 6.43 Å². The minimum atomic E-state index is -2.28. The molecule has 96 valence electrons. The molecule has 0 spiro atoms. The van der Waals surface area contributed by atoms with E-state index in [0.717, 1.165) is 32.8 Å². The van der Waals surface area contributed by atoms with Crippen molar-refractivity contribution in [1.29, 1.82) is 0 Å². The van der Waals surface area contributed by atoms with Crippen LogP contribution in [0.3, 0.4) is 0 Å². The highest BCUT2D eigenvalue weighted by Crippen LogP contribution is 2.01. The molecule has 1 fully saturated rings. The van der Waals surface area contributed by atoms with Crippen molar-refractivity contribution in [1.82, 2.24) is 9.80 Å². The van der Waals surface area contributed by atoms with Crippen LogP contribution < -0.4 is 0 Å². The van der Waals surface area contributed by atoms with Gasteiger partial charge in [-0.05, 0) is 0 Å². The standard InChI is InChI=1S/C10H19ClF2N2O/c11-1-2-15(9-10(12)13)4-3-14-5-7-16-8-6-14/h10H,1-9H2. The Morgan fingerprint density at radius 3 is 2.50 bits per heavy atom.